The van der Waals surface area contributed by atoms with Crippen LogP contribution < -0.4 is 0 Å². The van der Waals surface area contributed by atoms with Crippen molar-refractivity contribution in [2.45, 2.75) is 25.4 Å². The third-order valence-corrected chi connectivity index (χ3v) is 3.10. The number of aliphatic hydroxyl groups is 1. The summed E-state index contributed by atoms with van der Waals surface area (Å²) in [5, 5.41) is 9.63. The van der Waals surface area contributed by atoms with E-state index >= 15 is 0 Å². The van der Waals surface area contributed by atoms with Crippen molar-refractivity contribution in [3.8, 4) is 0 Å². The van der Waals surface area contributed by atoms with Gasteiger partial charge in [0.15, 0.2) is 5.15 Å². The summed E-state index contributed by atoms with van der Waals surface area (Å²) in [6.07, 6.45) is 5.40. The van der Waals surface area contributed by atoms with Crippen molar-refractivity contribution in [2.24, 2.45) is 0 Å². The van der Waals surface area contributed by atoms with Crippen molar-refractivity contribution in [2.75, 3.05) is 13.2 Å². The number of hydrogen-bond acceptors (Lipinski definition) is 4. The average Bonchev–Trinajstić information content (AvgIpc) is 2.69. The molecule has 1 N–H and O–H groups in total. The molecule has 0 aliphatic carbocycles. The summed E-state index contributed by atoms with van der Waals surface area (Å²) in [6, 6.07) is 0.253. The second-order valence-electron chi connectivity index (χ2n) is 3.74. The Morgan fingerprint density at radius 2 is 2.27 bits per heavy atom. The molecule has 1 aromatic heterocycles. The summed E-state index contributed by atoms with van der Waals surface area (Å²) in [6.45, 7) is 1.88. The molecule has 15 heavy (non-hydrogen) atoms. The Balaban J connectivity index is 2.05. The molecule has 0 aromatic carbocycles. The molecule has 82 valence electrons. The molecule has 2 heterocycles. The fourth-order valence-electron chi connectivity index (χ4n) is 1.96. The number of aromatic nitrogens is 2. The largest absolute Gasteiger partial charge is 0.395 e. The zero-order chi connectivity index (χ0) is 10.7. The molecule has 1 unspecified atom stereocenters. The van der Waals surface area contributed by atoms with Gasteiger partial charge in [-0.15, -0.1) is 0 Å². The minimum atomic E-state index is 0.206. The first-order valence-corrected chi connectivity index (χ1v) is 5.49. The fourth-order valence-corrected chi connectivity index (χ4v) is 2.12. The normalized spacial score (nSPS) is 22.1. The van der Waals surface area contributed by atoms with Crippen LogP contribution >= 0.6 is 11.6 Å². The first kappa shape index (κ1) is 10.8. The molecular weight excluding hydrogens is 214 g/mol. The van der Waals surface area contributed by atoms with Crippen LogP contribution in [-0.2, 0) is 6.54 Å². The summed E-state index contributed by atoms with van der Waals surface area (Å²) >= 11 is 5.93. The molecule has 0 amide bonds. The lowest BCUT2D eigenvalue weighted by Gasteiger charge is -2.22. The zero-order valence-corrected chi connectivity index (χ0v) is 9.19. The topological polar surface area (TPSA) is 49.2 Å². The average molecular weight is 228 g/mol. The minimum Gasteiger partial charge on any atom is -0.395 e. The van der Waals surface area contributed by atoms with E-state index in [4.69, 9.17) is 11.6 Å². The third kappa shape index (κ3) is 2.45. The van der Waals surface area contributed by atoms with Gasteiger partial charge in [0, 0.05) is 25.0 Å². The van der Waals surface area contributed by atoms with Gasteiger partial charge in [0.05, 0.1) is 12.3 Å². The molecule has 0 radical (unpaired) electrons. The van der Waals surface area contributed by atoms with Gasteiger partial charge >= 0.3 is 0 Å². The molecule has 1 saturated heterocycles. The van der Waals surface area contributed by atoms with Gasteiger partial charge in [-0.2, -0.15) is 0 Å². The van der Waals surface area contributed by atoms with Gasteiger partial charge in [0.2, 0.25) is 0 Å². The predicted octanol–water partition coefficient (Wildman–Crippen LogP) is 1.09. The number of hydrogen-bond donors (Lipinski definition) is 1. The lowest BCUT2D eigenvalue weighted by Crippen LogP contribution is -2.32. The van der Waals surface area contributed by atoms with Gasteiger partial charge in [-0.3, -0.25) is 9.88 Å². The van der Waals surface area contributed by atoms with Crippen molar-refractivity contribution in [1.82, 2.24) is 14.9 Å². The molecule has 0 bridgehead atoms. The molecule has 1 fully saturated rings. The van der Waals surface area contributed by atoms with Crippen LogP contribution in [0.15, 0.2) is 12.4 Å². The van der Waals surface area contributed by atoms with Gasteiger partial charge in [-0.1, -0.05) is 11.6 Å². The summed E-state index contributed by atoms with van der Waals surface area (Å²) in [4.78, 5) is 10.4. The van der Waals surface area contributed by atoms with Gasteiger partial charge < -0.3 is 5.11 Å². The lowest BCUT2D eigenvalue weighted by molar-refractivity contribution is 0.152. The predicted molar refractivity (Wildman–Crippen MR) is 57.6 cm³/mol. The maximum Gasteiger partial charge on any atom is 0.151 e. The highest BCUT2D eigenvalue weighted by molar-refractivity contribution is 6.29. The van der Waals surface area contributed by atoms with E-state index in [2.05, 4.69) is 14.9 Å². The standard InChI is InChI=1S/C10H14ClN3O/c11-10-9(12-3-4-13-10)6-14-5-1-2-8(14)7-15/h3-4,8,15H,1-2,5-7H2. The maximum absolute atomic E-state index is 9.17. The van der Waals surface area contributed by atoms with E-state index in [1.165, 1.54) is 0 Å². The molecule has 1 atom stereocenters. The van der Waals surface area contributed by atoms with E-state index in [0.29, 0.717) is 11.7 Å². The molecule has 4 nitrogen and oxygen atoms in total. The van der Waals surface area contributed by atoms with E-state index in [9.17, 15) is 5.11 Å². The molecular formula is C10H14ClN3O. The van der Waals surface area contributed by atoms with E-state index in [0.717, 1.165) is 25.1 Å². The quantitative estimate of drug-likeness (QED) is 0.840. The summed E-state index contributed by atoms with van der Waals surface area (Å²) in [7, 11) is 0. The number of nitrogens with zero attached hydrogens (tertiary/aromatic N) is 3. The highest BCUT2D eigenvalue weighted by Gasteiger charge is 2.24. The zero-order valence-electron chi connectivity index (χ0n) is 8.43. The van der Waals surface area contributed by atoms with Gasteiger partial charge in [-0.25, -0.2) is 4.98 Å². The first-order chi connectivity index (χ1) is 7.31. The smallest absolute Gasteiger partial charge is 0.151 e. The number of halogens is 1. The second kappa shape index (κ2) is 4.88. The Bertz CT molecular complexity index is 334. The number of aliphatic hydroxyl groups excluding tert-OH is 1. The number of likely N-dealkylation sites (tertiary alicyclic amines) is 1. The van der Waals surface area contributed by atoms with E-state index in [1.54, 1.807) is 12.4 Å². The van der Waals surface area contributed by atoms with Crippen LogP contribution in [0.4, 0.5) is 0 Å². The molecule has 1 aromatic rings. The van der Waals surface area contributed by atoms with Crippen molar-refractivity contribution in [3.63, 3.8) is 0 Å². The highest BCUT2D eigenvalue weighted by atomic mass is 35.5. The van der Waals surface area contributed by atoms with E-state index < -0.39 is 0 Å². The van der Waals surface area contributed by atoms with Crippen molar-refractivity contribution in [3.05, 3.63) is 23.2 Å². The van der Waals surface area contributed by atoms with Gasteiger partial charge in [0.1, 0.15) is 0 Å². The Labute approximate surface area is 93.9 Å². The van der Waals surface area contributed by atoms with Crippen LogP contribution in [0.1, 0.15) is 18.5 Å². The van der Waals surface area contributed by atoms with E-state index in [-0.39, 0.29) is 12.6 Å². The van der Waals surface area contributed by atoms with Gasteiger partial charge in [0.25, 0.3) is 0 Å². The summed E-state index contributed by atoms with van der Waals surface area (Å²) < 4.78 is 0. The highest BCUT2D eigenvalue weighted by Crippen LogP contribution is 2.20. The summed E-state index contributed by atoms with van der Waals surface area (Å²) in [5.41, 5.74) is 0.791. The molecule has 5 heteroatoms. The SMILES string of the molecule is OCC1CCCN1Cc1nccnc1Cl. The van der Waals surface area contributed by atoms with Crippen LogP contribution in [0.3, 0.4) is 0 Å². The molecule has 2 rings (SSSR count). The van der Waals surface area contributed by atoms with Crippen molar-refractivity contribution < 1.29 is 5.11 Å². The van der Waals surface area contributed by atoms with Crippen LogP contribution in [0.2, 0.25) is 5.15 Å². The third-order valence-electron chi connectivity index (χ3n) is 2.79. The monoisotopic (exact) mass is 227 g/mol. The fraction of sp³-hybridized carbons (Fsp3) is 0.600. The Morgan fingerprint density at radius 1 is 1.47 bits per heavy atom. The van der Waals surface area contributed by atoms with Crippen molar-refractivity contribution >= 4 is 11.6 Å². The first-order valence-electron chi connectivity index (χ1n) is 5.11. The number of rotatable bonds is 3. The Kier molecular flexibility index (Phi) is 3.51. The lowest BCUT2D eigenvalue weighted by atomic mass is 10.2. The van der Waals surface area contributed by atoms with Crippen LogP contribution in [-0.4, -0.2) is 39.2 Å². The Hall–Kier alpha value is -0.710. The summed E-state index contributed by atoms with van der Waals surface area (Å²) in [5.74, 6) is 0. The van der Waals surface area contributed by atoms with Gasteiger partial charge in [-0.05, 0) is 19.4 Å². The van der Waals surface area contributed by atoms with E-state index in [1.807, 2.05) is 0 Å². The second-order valence-corrected chi connectivity index (χ2v) is 4.10. The minimum absolute atomic E-state index is 0.206. The van der Waals surface area contributed by atoms with Crippen LogP contribution in [0, 0.1) is 0 Å². The molecule has 0 spiro atoms. The molecule has 1 aliphatic heterocycles. The molecule has 1 aliphatic rings. The van der Waals surface area contributed by atoms with Crippen molar-refractivity contribution in [1.29, 1.82) is 0 Å². The molecule has 0 saturated carbocycles. The Morgan fingerprint density at radius 3 is 3.00 bits per heavy atom. The van der Waals surface area contributed by atoms with Crippen LogP contribution in [0.25, 0.3) is 0 Å². The maximum atomic E-state index is 9.17. The van der Waals surface area contributed by atoms with Crippen LogP contribution in [0.5, 0.6) is 0 Å².